The zero-order valence-corrected chi connectivity index (χ0v) is 16.0. The van der Waals surface area contributed by atoms with Crippen molar-refractivity contribution in [2.75, 3.05) is 5.32 Å². The number of carbonyl (C=O) groups is 4. The minimum Gasteiger partial charge on any atom is -0.326 e. The average Bonchev–Trinajstić information content (AvgIpc) is 2.99. The Morgan fingerprint density at radius 2 is 1.97 bits per heavy atom. The van der Waals surface area contributed by atoms with Crippen molar-refractivity contribution >= 4 is 29.3 Å². The predicted octanol–water partition coefficient (Wildman–Crippen LogP) is 1.94. The Morgan fingerprint density at radius 1 is 1.17 bits per heavy atom. The van der Waals surface area contributed by atoms with E-state index in [-0.39, 0.29) is 30.6 Å². The number of nitrogens with one attached hydrogen (secondary N) is 2. The zero-order valence-electron chi connectivity index (χ0n) is 16.0. The number of anilines is 1. The quantitative estimate of drug-likeness (QED) is 0.779. The van der Waals surface area contributed by atoms with Crippen molar-refractivity contribution in [1.82, 2.24) is 10.2 Å². The van der Waals surface area contributed by atoms with E-state index in [0.717, 1.165) is 22.4 Å². The van der Waals surface area contributed by atoms with Gasteiger partial charge in [-0.05, 0) is 42.2 Å². The number of para-hydroxylation sites is 1. The molecule has 1 unspecified atom stereocenters. The van der Waals surface area contributed by atoms with Crippen LogP contribution >= 0.6 is 0 Å². The molecule has 0 saturated carbocycles. The lowest BCUT2D eigenvalue weighted by Crippen LogP contribution is -2.52. The number of aryl methyl sites for hydroxylation is 1. The molecular formula is C22H21N3O4. The van der Waals surface area contributed by atoms with Gasteiger partial charge in [0.25, 0.3) is 5.91 Å². The Balaban J connectivity index is 1.46. The summed E-state index contributed by atoms with van der Waals surface area (Å²) in [6.07, 6.45) is 0.741. The van der Waals surface area contributed by atoms with Crippen LogP contribution in [0.4, 0.5) is 5.69 Å². The first-order valence-corrected chi connectivity index (χ1v) is 9.54. The summed E-state index contributed by atoms with van der Waals surface area (Å²) in [4.78, 5) is 50.1. The first-order valence-electron chi connectivity index (χ1n) is 9.54. The molecule has 2 heterocycles. The van der Waals surface area contributed by atoms with Crippen molar-refractivity contribution in [3.05, 3.63) is 64.7 Å². The monoisotopic (exact) mass is 391 g/mol. The molecular weight excluding hydrogens is 370 g/mol. The third-order valence-corrected chi connectivity index (χ3v) is 5.37. The summed E-state index contributed by atoms with van der Waals surface area (Å²) < 4.78 is 0. The van der Waals surface area contributed by atoms with E-state index in [1.807, 2.05) is 37.3 Å². The Morgan fingerprint density at radius 3 is 2.72 bits per heavy atom. The molecule has 0 spiro atoms. The van der Waals surface area contributed by atoms with Gasteiger partial charge in [0.05, 0.1) is 6.42 Å². The zero-order chi connectivity index (χ0) is 20.5. The number of hydrogen-bond acceptors (Lipinski definition) is 4. The van der Waals surface area contributed by atoms with Crippen LogP contribution in [0.15, 0.2) is 42.5 Å². The minimum absolute atomic E-state index is 0.134. The number of imide groups is 1. The number of amides is 4. The highest BCUT2D eigenvalue weighted by Crippen LogP contribution is 2.28. The van der Waals surface area contributed by atoms with Crippen LogP contribution in [0.25, 0.3) is 0 Å². The van der Waals surface area contributed by atoms with Crippen LogP contribution in [0.1, 0.15) is 39.9 Å². The van der Waals surface area contributed by atoms with Gasteiger partial charge in [-0.3, -0.25) is 24.5 Å². The van der Waals surface area contributed by atoms with Crippen molar-refractivity contribution in [2.45, 2.75) is 38.8 Å². The number of rotatable bonds is 4. The number of benzene rings is 2. The molecule has 1 atom stereocenters. The highest BCUT2D eigenvalue weighted by molar-refractivity contribution is 6.05. The van der Waals surface area contributed by atoms with Crippen LogP contribution in [0.2, 0.25) is 0 Å². The predicted molar refractivity (Wildman–Crippen MR) is 106 cm³/mol. The summed E-state index contributed by atoms with van der Waals surface area (Å²) in [5.74, 6) is -1.09. The van der Waals surface area contributed by atoms with E-state index < -0.39 is 11.9 Å². The molecule has 29 heavy (non-hydrogen) atoms. The summed E-state index contributed by atoms with van der Waals surface area (Å²) in [5.41, 5.74) is 3.89. The van der Waals surface area contributed by atoms with Crippen LogP contribution in [-0.4, -0.2) is 34.6 Å². The molecule has 0 radical (unpaired) electrons. The Bertz CT molecular complexity index is 1030. The smallest absolute Gasteiger partial charge is 0.255 e. The van der Waals surface area contributed by atoms with E-state index >= 15 is 0 Å². The van der Waals surface area contributed by atoms with Gasteiger partial charge in [-0.2, -0.15) is 0 Å². The van der Waals surface area contributed by atoms with Crippen molar-refractivity contribution in [2.24, 2.45) is 0 Å². The SMILES string of the molecule is Cc1ccccc1NC(=O)Cc1ccc2c(c1)CN(C1CCC(=O)NC1=O)C2=O. The average molecular weight is 391 g/mol. The summed E-state index contributed by atoms with van der Waals surface area (Å²) in [5, 5.41) is 5.20. The van der Waals surface area contributed by atoms with Crippen LogP contribution < -0.4 is 10.6 Å². The van der Waals surface area contributed by atoms with Crippen molar-refractivity contribution in [3.63, 3.8) is 0 Å². The third kappa shape index (κ3) is 3.76. The van der Waals surface area contributed by atoms with E-state index in [0.29, 0.717) is 18.5 Å². The van der Waals surface area contributed by atoms with Crippen LogP contribution in [0, 0.1) is 6.92 Å². The van der Waals surface area contributed by atoms with Crippen LogP contribution in [0.5, 0.6) is 0 Å². The molecule has 4 amide bonds. The Hall–Kier alpha value is -3.48. The fraction of sp³-hybridized carbons (Fsp3) is 0.273. The van der Waals surface area contributed by atoms with Gasteiger partial charge in [0.15, 0.2) is 0 Å². The second-order valence-corrected chi connectivity index (χ2v) is 7.43. The lowest BCUT2D eigenvalue weighted by molar-refractivity contribution is -0.137. The second-order valence-electron chi connectivity index (χ2n) is 7.43. The van der Waals surface area contributed by atoms with Crippen molar-refractivity contribution < 1.29 is 19.2 Å². The standard InChI is InChI=1S/C22H21N3O4/c1-13-4-2-3-5-17(13)23-20(27)11-14-6-7-16-15(10-14)12-25(22(16)29)18-8-9-19(26)24-21(18)28/h2-7,10,18H,8-9,11-12H2,1H3,(H,23,27)(H,24,26,28). The van der Waals surface area contributed by atoms with E-state index in [9.17, 15) is 19.2 Å². The maximum absolute atomic E-state index is 12.7. The Kier molecular flexibility index (Phi) is 4.88. The normalized spacial score (nSPS) is 18.4. The van der Waals surface area contributed by atoms with E-state index in [4.69, 9.17) is 0 Å². The molecule has 2 aliphatic rings. The first-order chi connectivity index (χ1) is 13.9. The summed E-state index contributed by atoms with van der Waals surface area (Å²) >= 11 is 0. The molecule has 0 aromatic heterocycles. The Labute approximate surface area is 168 Å². The van der Waals surface area contributed by atoms with E-state index in [2.05, 4.69) is 10.6 Å². The highest BCUT2D eigenvalue weighted by atomic mass is 16.2. The molecule has 2 aliphatic heterocycles. The van der Waals surface area contributed by atoms with Gasteiger partial charge in [0.2, 0.25) is 17.7 Å². The maximum atomic E-state index is 12.7. The summed E-state index contributed by atoms with van der Waals surface area (Å²) in [6, 6.07) is 12.2. The minimum atomic E-state index is -0.639. The lowest BCUT2D eigenvalue weighted by atomic mass is 10.0. The summed E-state index contributed by atoms with van der Waals surface area (Å²) in [7, 11) is 0. The van der Waals surface area contributed by atoms with E-state index in [1.54, 1.807) is 12.1 Å². The molecule has 4 rings (SSSR count). The van der Waals surface area contributed by atoms with Gasteiger partial charge >= 0.3 is 0 Å². The number of fused-ring (bicyclic) bond motifs is 1. The fourth-order valence-corrected chi connectivity index (χ4v) is 3.83. The number of piperidine rings is 1. The van der Waals surface area contributed by atoms with Gasteiger partial charge in [-0.25, -0.2) is 0 Å². The van der Waals surface area contributed by atoms with Gasteiger partial charge < -0.3 is 10.2 Å². The number of hydrogen-bond donors (Lipinski definition) is 2. The van der Waals surface area contributed by atoms with Crippen molar-refractivity contribution in [3.8, 4) is 0 Å². The second kappa shape index (κ2) is 7.50. The van der Waals surface area contributed by atoms with Gasteiger partial charge in [0, 0.05) is 24.2 Å². The fourth-order valence-electron chi connectivity index (χ4n) is 3.83. The number of nitrogens with zero attached hydrogens (tertiary/aromatic N) is 1. The summed E-state index contributed by atoms with van der Waals surface area (Å²) in [6.45, 7) is 2.23. The maximum Gasteiger partial charge on any atom is 0.255 e. The van der Waals surface area contributed by atoms with Gasteiger partial charge in [0.1, 0.15) is 6.04 Å². The molecule has 148 valence electrons. The highest BCUT2D eigenvalue weighted by Gasteiger charge is 2.39. The first kappa shape index (κ1) is 18.9. The van der Waals surface area contributed by atoms with Crippen LogP contribution in [-0.2, 0) is 27.3 Å². The number of carbonyl (C=O) groups excluding carboxylic acids is 4. The van der Waals surface area contributed by atoms with Gasteiger partial charge in [-0.1, -0.05) is 30.3 Å². The molecule has 7 nitrogen and oxygen atoms in total. The molecule has 0 aliphatic carbocycles. The lowest BCUT2D eigenvalue weighted by Gasteiger charge is -2.29. The molecule has 2 aromatic carbocycles. The molecule has 2 N–H and O–H groups in total. The molecule has 1 saturated heterocycles. The largest absolute Gasteiger partial charge is 0.326 e. The third-order valence-electron chi connectivity index (χ3n) is 5.37. The van der Waals surface area contributed by atoms with E-state index in [1.165, 1.54) is 4.90 Å². The topological polar surface area (TPSA) is 95.6 Å². The molecule has 1 fully saturated rings. The van der Waals surface area contributed by atoms with Crippen molar-refractivity contribution in [1.29, 1.82) is 0 Å². The molecule has 0 bridgehead atoms. The molecule has 2 aromatic rings. The van der Waals surface area contributed by atoms with Crippen LogP contribution in [0.3, 0.4) is 0 Å². The van der Waals surface area contributed by atoms with Gasteiger partial charge in [-0.15, -0.1) is 0 Å². The molecule has 7 heteroatoms.